The number of carboxylic acids is 1. The SMILES string of the molecule is CCN(CCC(F)(F)CC)c1nc(C)c(Cl)cc1C(=O)O. The Labute approximate surface area is 127 Å². The zero-order valence-corrected chi connectivity index (χ0v) is 13.0. The predicted molar refractivity (Wildman–Crippen MR) is 78.7 cm³/mol. The van der Waals surface area contributed by atoms with Crippen LogP contribution < -0.4 is 4.90 Å². The van der Waals surface area contributed by atoms with Crippen molar-refractivity contribution in [2.45, 2.75) is 39.5 Å². The molecule has 1 rings (SSSR count). The fourth-order valence-corrected chi connectivity index (χ4v) is 2.01. The van der Waals surface area contributed by atoms with Crippen LogP contribution in [0, 0.1) is 6.92 Å². The van der Waals surface area contributed by atoms with E-state index in [-0.39, 0.29) is 35.8 Å². The molecular weight excluding hydrogens is 302 g/mol. The average Bonchev–Trinajstić information content (AvgIpc) is 2.42. The Bertz CT molecular complexity index is 524. The first-order valence-corrected chi connectivity index (χ1v) is 7.12. The van der Waals surface area contributed by atoms with Gasteiger partial charge in [-0.1, -0.05) is 18.5 Å². The molecule has 1 N–H and O–H groups in total. The van der Waals surface area contributed by atoms with Gasteiger partial charge < -0.3 is 10.0 Å². The van der Waals surface area contributed by atoms with Gasteiger partial charge >= 0.3 is 5.97 Å². The fourth-order valence-electron chi connectivity index (χ4n) is 1.86. The van der Waals surface area contributed by atoms with E-state index in [1.807, 2.05) is 0 Å². The quantitative estimate of drug-likeness (QED) is 0.825. The molecule has 0 atom stereocenters. The molecule has 118 valence electrons. The third-order valence-corrected chi connectivity index (χ3v) is 3.69. The molecular formula is C14H19ClF2N2O2. The fraction of sp³-hybridized carbons (Fsp3) is 0.571. The molecule has 21 heavy (non-hydrogen) atoms. The summed E-state index contributed by atoms with van der Waals surface area (Å²) in [7, 11) is 0. The number of rotatable bonds is 7. The molecule has 7 heteroatoms. The third-order valence-electron chi connectivity index (χ3n) is 3.31. The molecule has 1 heterocycles. The smallest absolute Gasteiger partial charge is 0.339 e. The van der Waals surface area contributed by atoms with Gasteiger partial charge in [-0.05, 0) is 19.9 Å². The molecule has 0 fully saturated rings. The van der Waals surface area contributed by atoms with Gasteiger partial charge in [0, 0.05) is 25.9 Å². The van der Waals surface area contributed by atoms with Crippen molar-refractivity contribution in [2.24, 2.45) is 0 Å². The van der Waals surface area contributed by atoms with Crippen LogP contribution in [0.15, 0.2) is 6.07 Å². The maximum absolute atomic E-state index is 13.4. The number of aromatic nitrogens is 1. The largest absolute Gasteiger partial charge is 0.478 e. The third kappa shape index (κ3) is 4.52. The minimum Gasteiger partial charge on any atom is -0.478 e. The maximum atomic E-state index is 13.4. The summed E-state index contributed by atoms with van der Waals surface area (Å²) >= 11 is 5.89. The number of pyridine rings is 1. The van der Waals surface area contributed by atoms with Gasteiger partial charge in [-0.25, -0.2) is 18.6 Å². The number of hydrogen-bond acceptors (Lipinski definition) is 3. The highest BCUT2D eigenvalue weighted by atomic mass is 35.5. The van der Waals surface area contributed by atoms with E-state index in [0.29, 0.717) is 12.2 Å². The van der Waals surface area contributed by atoms with Gasteiger partial charge in [0.25, 0.3) is 0 Å². The van der Waals surface area contributed by atoms with Crippen molar-refractivity contribution < 1.29 is 18.7 Å². The summed E-state index contributed by atoms with van der Waals surface area (Å²) in [5.41, 5.74) is 0.393. The van der Waals surface area contributed by atoms with Crippen molar-refractivity contribution >= 4 is 23.4 Å². The molecule has 0 aliphatic carbocycles. The number of aryl methyl sites for hydroxylation is 1. The van der Waals surface area contributed by atoms with Crippen molar-refractivity contribution in [3.63, 3.8) is 0 Å². The minimum atomic E-state index is -2.77. The van der Waals surface area contributed by atoms with Crippen LogP contribution in [0.1, 0.15) is 42.7 Å². The van der Waals surface area contributed by atoms with E-state index in [1.54, 1.807) is 13.8 Å². The number of nitrogens with zero attached hydrogens (tertiary/aromatic N) is 2. The monoisotopic (exact) mass is 320 g/mol. The summed E-state index contributed by atoms with van der Waals surface area (Å²) in [6.07, 6.45) is -0.594. The molecule has 0 aliphatic rings. The second kappa shape index (κ2) is 7.02. The Morgan fingerprint density at radius 3 is 2.57 bits per heavy atom. The van der Waals surface area contributed by atoms with Gasteiger partial charge in [0.2, 0.25) is 5.92 Å². The lowest BCUT2D eigenvalue weighted by Gasteiger charge is -2.26. The van der Waals surface area contributed by atoms with Crippen LogP contribution in [0.25, 0.3) is 0 Å². The van der Waals surface area contributed by atoms with Crippen molar-refractivity contribution in [1.82, 2.24) is 4.98 Å². The first-order chi connectivity index (χ1) is 9.71. The van der Waals surface area contributed by atoms with Crippen LogP contribution in [-0.2, 0) is 0 Å². The second-order valence-corrected chi connectivity index (χ2v) is 5.18. The number of carboxylic acid groups (broad SMARTS) is 1. The summed E-state index contributed by atoms with van der Waals surface area (Å²) in [6, 6.07) is 1.31. The van der Waals surface area contributed by atoms with Gasteiger partial charge in [-0.3, -0.25) is 0 Å². The van der Waals surface area contributed by atoms with Gasteiger partial charge in [0.15, 0.2) is 0 Å². The minimum absolute atomic E-state index is 0.0334. The molecule has 0 radical (unpaired) electrons. The molecule has 0 saturated carbocycles. The number of alkyl halides is 2. The zero-order valence-electron chi connectivity index (χ0n) is 12.3. The number of halogens is 3. The van der Waals surface area contributed by atoms with Crippen LogP contribution in [0.3, 0.4) is 0 Å². The van der Waals surface area contributed by atoms with Crippen molar-refractivity contribution in [2.75, 3.05) is 18.0 Å². The molecule has 1 aromatic rings. The Morgan fingerprint density at radius 2 is 2.10 bits per heavy atom. The lowest BCUT2D eigenvalue weighted by Crippen LogP contribution is -2.31. The molecule has 4 nitrogen and oxygen atoms in total. The van der Waals surface area contributed by atoms with Crippen molar-refractivity contribution in [1.29, 1.82) is 0 Å². The maximum Gasteiger partial charge on any atom is 0.339 e. The second-order valence-electron chi connectivity index (χ2n) is 4.77. The summed E-state index contributed by atoms with van der Waals surface area (Å²) in [5, 5.41) is 9.47. The number of anilines is 1. The topological polar surface area (TPSA) is 53.4 Å². The molecule has 0 bridgehead atoms. The van der Waals surface area contributed by atoms with Crippen molar-refractivity contribution in [3.8, 4) is 0 Å². The average molecular weight is 321 g/mol. The van der Waals surface area contributed by atoms with E-state index in [9.17, 15) is 18.7 Å². The van der Waals surface area contributed by atoms with Gasteiger partial charge in [0.1, 0.15) is 11.4 Å². The highest BCUT2D eigenvalue weighted by Crippen LogP contribution is 2.27. The Kier molecular flexibility index (Phi) is 5.89. The van der Waals surface area contributed by atoms with Gasteiger partial charge in [0.05, 0.1) is 10.7 Å². The zero-order chi connectivity index (χ0) is 16.2. The van der Waals surface area contributed by atoms with E-state index in [0.717, 1.165) is 0 Å². The molecule has 0 spiro atoms. The van der Waals surface area contributed by atoms with E-state index >= 15 is 0 Å². The summed E-state index contributed by atoms with van der Waals surface area (Å²) in [6.45, 7) is 5.25. The number of hydrogen-bond donors (Lipinski definition) is 1. The molecule has 0 amide bonds. The highest BCUT2D eigenvalue weighted by molar-refractivity contribution is 6.31. The van der Waals surface area contributed by atoms with Crippen LogP contribution in [-0.4, -0.2) is 35.1 Å². The number of aromatic carboxylic acids is 1. The number of carbonyl (C=O) groups is 1. The van der Waals surface area contributed by atoms with Gasteiger partial charge in [-0.2, -0.15) is 0 Å². The molecule has 0 saturated heterocycles. The Morgan fingerprint density at radius 1 is 1.48 bits per heavy atom. The van der Waals surface area contributed by atoms with E-state index in [2.05, 4.69) is 4.98 Å². The summed E-state index contributed by atoms with van der Waals surface area (Å²) in [4.78, 5) is 17.0. The van der Waals surface area contributed by atoms with E-state index in [1.165, 1.54) is 17.9 Å². The predicted octanol–water partition coefficient (Wildman–Crippen LogP) is 4.00. The van der Waals surface area contributed by atoms with Crippen LogP contribution in [0.4, 0.5) is 14.6 Å². The lowest BCUT2D eigenvalue weighted by molar-refractivity contribution is -0.00921. The lowest BCUT2D eigenvalue weighted by atomic mass is 10.1. The first-order valence-electron chi connectivity index (χ1n) is 6.75. The van der Waals surface area contributed by atoms with E-state index in [4.69, 9.17) is 11.6 Å². The highest BCUT2D eigenvalue weighted by Gasteiger charge is 2.28. The van der Waals surface area contributed by atoms with Gasteiger partial charge in [-0.15, -0.1) is 0 Å². The molecule has 0 aromatic carbocycles. The standard InChI is InChI=1S/C14H19ClF2N2O2/c1-4-14(16,17)6-7-19(5-2)12-10(13(20)21)8-11(15)9(3)18-12/h8H,4-7H2,1-3H3,(H,20,21). The Balaban J connectivity index is 3.10. The molecule has 0 aliphatic heterocycles. The molecule has 0 unspecified atom stereocenters. The summed E-state index contributed by atoms with van der Waals surface area (Å²) < 4.78 is 26.8. The normalized spacial score (nSPS) is 11.5. The molecule has 1 aromatic heterocycles. The van der Waals surface area contributed by atoms with Crippen molar-refractivity contribution in [3.05, 3.63) is 22.3 Å². The van der Waals surface area contributed by atoms with E-state index < -0.39 is 11.9 Å². The van der Waals surface area contributed by atoms with Crippen LogP contribution in [0.5, 0.6) is 0 Å². The van der Waals surface area contributed by atoms with Crippen LogP contribution in [0.2, 0.25) is 5.02 Å². The Hall–Kier alpha value is -1.43. The first kappa shape index (κ1) is 17.6. The summed E-state index contributed by atoms with van der Waals surface area (Å²) in [5.74, 6) is -3.77. The van der Waals surface area contributed by atoms with Crippen LogP contribution >= 0.6 is 11.6 Å².